The Morgan fingerprint density at radius 3 is 2.33 bits per heavy atom. The van der Waals surface area contributed by atoms with Gasteiger partial charge in [-0.25, -0.2) is 9.97 Å². The van der Waals surface area contributed by atoms with Crippen LogP contribution in [-0.2, 0) is 4.79 Å². The summed E-state index contributed by atoms with van der Waals surface area (Å²) in [6.45, 7) is 7.91. The van der Waals surface area contributed by atoms with Crippen molar-refractivity contribution in [1.82, 2.24) is 14.9 Å². The van der Waals surface area contributed by atoms with E-state index >= 15 is 0 Å². The number of hydrogen-bond donors (Lipinski definition) is 2. The molecule has 0 bridgehead atoms. The highest BCUT2D eigenvalue weighted by Crippen LogP contribution is 2.26. The smallest absolute Gasteiger partial charge is 0.235 e. The zero-order valence-electron chi connectivity index (χ0n) is 12.7. The fourth-order valence-corrected chi connectivity index (χ4v) is 3.71. The maximum absolute atomic E-state index is 12.6. The molecule has 6 nitrogen and oxygen atoms in total. The first-order valence-electron chi connectivity index (χ1n) is 7.20. The molecule has 1 fully saturated rings. The molecule has 0 radical (unpaired) electrons. The Labute approximate surface area is 129 Å². The Balaban J connectivity index is 2.02. The highest BCUT2D eigenvalue weighted by Gasteiger charge is 2.29. The molecule has 1 amide bonds. The van der Waals surface area contributed by atoms with E-state index in [0.29, 0.717) is 28.6 Å². The molecular weight excluding hydrogens is 286 g/mol. The topological polar surface area (TPSA) is 98.1 Å². The number of carbonyl (C=O) groups is 1. The molecule has 21 heavy (non-hydrogen) atoms. The molecule has 2 rings (SSSR count). The van der Waals surface area contributed by atoms with Crippen molar-refractivity contribution in [3.05, 3.63) is 6.07 Å². The van der Waals surface area contributed by atoms with Crippen molar-refractivity contribution in [3.63, 3.8) is 0 Å². The number of likely N-dealkylation sites (tertiary alicyclic amines) is 1. The number of nitrogens with zero attached hydrogens (tertiary/aromatic N) is 3. The van der Waals surface area contributed by atoms with E-state index in [0.717, 1.165) is 13.1 Å². The normalized spacial score (nSPS) is 23.9. The largest absolute Gasteiger partial charge is 0.383 e. The van der Waals surface area contributed by atoms with Crippen LogP contribution in [0.25, 0.3) is 0 Å². The molecule has 116 valence electrons. The minimum Gasteiger partial charge on any atom is -0.383 e. The van der Waals surface area contributed by atoms with Crippen molar-refractivity contribution in [2.75, 3.05) is 24.6 Å². The highest BCUT2D eigenvalue weighted by molar-refractivity contribution is 8.00. The average Bonchev–Trinajstić information content (AvgIpc) is 2.35. The molecule has 0 aromatic carbocycles. The van der Waals surface area contributed by atoms with Crippen LogP contribution in [0.3, 0.4) is 0 Å². The number of rotatable bonds is 3. The lowest BCUT2D eigenvalue weighted by molar-refractivity contribution is -0.132. The van der Waals surface area contributed by atoms with E-state index in [4.69, 9.17) is 11.5 Å². The summed E-state index contributed by atoms with van der Waals surface area (Å²) in [4.78, 5) is 22.7. The predicted molar refractivity (Wildman–Crippen MR) is 85.7 cm³/mol. The van der Waals surface area contributed by atoms with Gasteiger partial charge in [0.2, 0.25) is 5.91 Å². The number of carbonyl (C=O) groups excluding carboxylic acids is 1. The molecule has 0 spiro atoms. The first kappa shape index (κ1) is 15.9. The molecule has 1 aromatic rings. The van der Waals surface area contributed by atoms with Gasteiger partial charge in [-0.1, -0.05) is 25.6 Å². The lowest BCUT2D eigenvalue weighted by Gasteiger charge is -2.36. The summed E-state index contributed by atoms with van der Waals surface area (Å²) in [6, 6.07) is 1.50. The Morgan fingerprint density at radius 2 is 1.81 bits per heavy atom. The zero-order valence-corrected chi connectivity index (χ0v) is 13.6. The maximum Gasteiger partial charge on any atom is 0.235 e. The molecule has 0 unspecified atom stereocenters. The van der Waals surface area contributed by atoms with Crippen LogP contribution in [0.1, 0.15) is 27.2 Å². The third-order valence-electron chi connectivity index (χ3n) is 3.56. The zero-order chi connectivity index (χ0) is 15.6. The lowest BCUT2D eigenvalue weighted by Crippen LogP contribution is -2.45. The van der Waals surface area contributed by atoms with Gasteiger partial charge >= 0.3 is 0 Å². The van der Waals surface area contributed by atoms with Gasteiger partial charge in [0.15, 0.2) is 5.16 Å². The van der Waals surface area contributed by atoms with Gasteiger partial charge in [0.1, 0.15) is 11.6 Å². The Bertz CT molecular complexity index is 494. The van der Waals surface area contributed by atoms with Gasteiger partial charge in [-0.15, -0.1) is 0 Å². The highest BCUT2D eigenvalue weighted by atomic mass is 32.2. The summed E-state index contributed by atoms with van der Waals surface area (Å²) in [6.07, 6.45) is 1.18. The van der Waals surface area contributed by atoms with Crippen LogP contribution in [0, 0.1) is 11.8 Å². The molecule has 0 aliphatic carbocycles. The lowest BCUT2D eigenvalue weighted by atomic mass is 9.92. The van der Waals surface area contributed by atoms with E-state index in [2.05, 4.69) is 23.8 Å². The second-order valence-electron chi connectivity index (χ2n) is 5.95. The molecule has 2 heterocycles. The number of piperidine rings is 1. The summed E-state index contributed by atoms with van der Waals surface area (Å²) >= 11 is 1.30. The van der Waals surface area contributed by atoms with E-state index in [1.54, 1.807) is 0 Å². The molecule has 7 heteroatoms. The van der Waals surface area contributed by atoms with Crippen LogP contribution in [0.2, 0.25) is 0 Å². The molecule has 4 N–H and O–H groups in total. The number of amides is 1. The fraction of sp³-hybridized carbons (Fsp3) is 0.643. The minimum atomic E-state index is -0.247. The number of hydrogen-bond acceptors (Lipinski definition) is 6. The predicted octanol–water partition coefficient (Wildman–Crippen LogP) is 1.63. The third kappa shape index (κ3) is 4.23. The molecule has 1 saturated heterocycles. The van der Waals surface area contributed by atoms with E-state index in [-0.39, 0.29) is 11.2 Å². The van der Waals surface area contributed by atoms with Gasteiger partial charge < -0.3 is 16.4 Å². The first-order valence-corrected chi connectivity index (χ1v) is 8.08. The molecule has 1 aromatic heterocycles. The van der Waals surface area contributed by atoms with E-state index < -0.39 is 0 Å². The Kier molecular flexibility index (Phi) is 4.92. The summed E-state index contributed by atoms with van der Waals surface area (Å²) in [5.41, 5.74) is 11.3. The molecule has 1 aliphatic rings. The van der Waals surface area contributed by atoms with Crippen molar-refractivity contribution in [2.24, 2.45) is 11.8 Å². The number of thioether (sulfide) groups is 1. The van der Waals surface area contributed by atoms with Crippen LogP contribution in [-0.4, -0.2) is 39.1 Å². The Morgan fingerprint density at radius 1 is 1.29 bits per heavy atom. The second kappa shape index (κ2) is 6.51. The number of nitrogen functional groups attached to an aromatic ring is 2. The fourth-order valence-electron chi connectivity index (χ4n) is 2.82. The summed E-state index contributed by atoms with van der Waals surface area (Å²) in [7, 11) is 0. The second-order valence-corrected chi connectivity index (χ2v) is 7.26. The average molecular weight is 309 g/mol. The summed E-state index contributed by atoms with van der Waals surface area (Å²) in [5.74, 6) is 1.88. The van der Waals surface area contributed by atoms with Gasteiger partial charge in [-0.2, -0.15) is 0 Å². The van der Waals surface area contributed by atoms with Crippen molar-refractivity contribution in [3.8, 4) is 0 Å². The maximum atomic E-state index is 12.6. The van der Waals surface area contributed by atoms with E-state index in [1.165, 1.54) is 24.2 Å². The van der Waals surface area contributed by atoms with Crippen molar-refractivity contribution >= 4 is 29.3 Å². The van der Waals surface area contributed by atoms with Crippen LogP contribution in [0.15, 0.2) is 11.2 Å². The first-order chi connectivity index (χ1) is 9.85. The molecule has 0 saturated carbocycles. The number of anilines is 2. The van der Waals surface area contributed by atoms with Crippen molar-refractivity contribution < 1.29 is 4.79 Å². The standard InChI is InChI=1S/C14H23N5OS/c1-8-4-9(2)7-19(6-8)13(20)10(3)21-14-17-11(15)5-12(16)18-14/h5,8-10H,4,6-7H2,1-3H3,(H4,15,16,17,18)/t8-,9+,10-/m1/s1. The molecular formula is C14H23N5OS. The van der Waals surface area contributed by atoms with Crippen LogP contribution >= 0.6 is 11.8 Å². The van der Waals surface area contributed by atoms with E-state index in [9.17, 15) is 4.79 Å². The third-order valence-corrected chi connectivity index (χ3v) is 4.50. The molecule has 1 aliphatic heterocycles. The van der Waals surface area contributed by atoms with Gasteiger partial charge in [0.05, 0.1) is 5.25 Å². The van der Waals surface area contributed by atoms with Gasteiger partial charge in [0, 0.05) is 19.2 Å². The Hall–Kier alpha value is -1.50. The van der Waals surface area contributed by atoms with Crippen LogP contribution < -0.4 is 11.5 Å². The van der Waals surface area contributed by atoms with Crippen molar-refractivity contribution in [1.29, 1.82) is 0 Å². The number of nitrogens with two attached hydrogens (primary N) is 2. The summed E-state index contributed by atoms with van der Waals surface area (Å²) in [5, 5.41) is 0.204. The van der Waals surface area contributed by atoms with Crippen molar-refractivity contribution in [2.45, 2.75) is 37.6 Å². The van der Waals surface area contributed by atoms with Crippen LogP contribution in [0.5, 0.6) is 0 Å². The SMILES string of the molecule is C[C@@H]1C[C@H](C)CN(C(=O)[C@@H](C)Sc2nc(N)cc(N)n2)C1. The van der Waals surface area contributed by atoms with E-state index in [1.807, 2.05) is 11.8 Å². The number of aromatic nitrogens is 2. The molecule has 3 atom stereocenters. The van der Waals surface area contributed by atoms with Gasteiger partial charge in [-0.3, -0.25) is 4.79 Å². The minimum absolute atomic E-state index is 0.128. The van der Waals surface area contributed by atoms with Gasteiger partial charge in [0.25, 0.3) is 0 Å². The monoisotopic (exact) mass is 309 g/mol. The van der Waals surface area contributed by atoms with Crippen LogP contribution in [0.4, 0.5) is 11.6 Å². The quantitative estimate of drug-likeness (QED) is 0.650. The summed E-state index contributed by atoms with van der Waals surface area (Å²) < 4.78 is 0. The van der Waals surface area contributed by atoms with Gasteiger partial charge in [-0.05, 0) is 25.2 Å².